The van der Waals surface area contributed by atoms with Gasteiger partial charge in [0.25, 0.3) is 0 Å². The third-order valence-corrected chi connectivity index (χ3v) is 11.1. The van der Waals surface area contributed by atoms with Crippen molar-refractivity contribution in [1.82, 2.24) is 14.5 Å². The second kappa shape index (κ2) is 13.2. The Morgan fingerprint density at radius 3 is 1.93 bits per heavy atom. The molecule has 0 unspecified atom stereocenters. The summed E-state index contributed by atoms with van der Waals surface area (Å²) < 4.78 is 9.12. The number of hydrogen-bond donors (Lipinski definition) is 0. The van der Waals surface area contributed by atoms with E-state index in [0.29, 0.717) is 0 Å². The highest BCUT2D eigenvalue weighted by atomic mass is 16.3. The standard InChI is InChI=1S/C52H35N3O/c1-5-14-34(15-6-1)38-25-29-47-44(30-38)41-27-24-39(35-16-7-2-8-17-35)31-48(41)55(47)40-26-28-43-50(32-40)56-49-23-13-22-42(51(43)49)46-33-45(36-18-9-3-10-19-36)53-52(54-46)37-20-11-4-12-21-37/h1-11,13-20,22-33H,12,21H2. The maximum Gasteiger partial charge on any atom is 0.156 e. The largest absolute Gasteiger partial charge is 0.456 e. The van der Waals surface area contributed by atoms with E-state index in [9.17, 15) is 0 Å². The fourth-order valence-corrected chi connectivity index (χ4v) is 8.36. The Balaban J connectivity index is 1.10. The van der Waals surface area contributed by atoms with Gasteiger partial charge in [-0.1, -0.05) is 140 Å². The summed E-state index contributed by atoms with van der Waals surface area (Å²) in [6, 6.07) is 60.3. The molecule has 4 heteroatoms. The molecule has 11 rings (SSSR count). The van der Waals surface area contributed by atoms with Gasteiger partial charge >= 0.3 is 0 Å². The molecule has 0 saturated heterocycles. The van der Waals surface area contributed by atoms with Crippen LogP contribution in [0.5, 0.6) is 0 Å². The molecule has 264 valence electrons. The fraction of sp³-hybridized carbons (Fsp3) is 0.0385. The molecule has 0 amide bonds. The Morgan fingerprint density at radius 2 is 1.18 bits per heavy atom. The summed E-state index contributed by atoms with van der Waals surface area (Å²) in [5, 5.41) is 4.53. The van der Waals surface area contributed by atoms with E-state index in [4.69, 9.17) is 14.4 Å². The Bertz CT molecular complexity index is 3170. The van der Waals surface area contributed by atoms with Gasteiger partial charge in [-0.15, -0.1) is 0 Å². The molecule has 0 bridgehead atoms. The zero-order valence-electron chi connectivity index (χ0n) is 30.6. The molecule has 56 heavy (non-hydrogen) atoms. The topological polar surface area (TPSA) is 43.9 Å². The quantitative estimate of drug-likeness (QED) is 0.172. The average molecular weight is 718 g/mol. The van der Waals surface area contributed by atoms with Crippen LogP contribution in [0.3, 0.4) is 0 Å². The lowest BCUT2D eigenvalue weighted by molar-refractivity contribution is 0.668. The van der Waals surface area contributed by atoms with E-state index in [0.717, 1.165) is 85.4 Å². The number of furan rings is 1. The van der Waals surface area contributed by atoms with E-state index in [-0.39, 0.29) is 0 Å². The molecule has 0 saturated carbocycles. The van der Waals surface area contributed by atoms with Crippen molar-refractivity contribution in [2.45, 2.75) is 12.8 Å². The fourth-order valence-electron chi connectivity index (χ4n) is 8.36. The highest BCUT2D eigenvalue weighted by Gasteiger charge is 2.20. The molecule has 7 aromatic carbocycles. The van der Waals surface area contributed by atoms with Crippen LogP contribution >= 0.6 is 0 Å². The van der Waals surface area contributed by atoms with E-state index >= 15 is 0 Å². The molecule has 0 fully saturated rings. The minimum absolute atomic E-state index is 0.773. The van der Waals surface area contributed by atoms with E-state index in [1.807, 2.05) is 6.07 Å². The van der Waals surface area contributed by atoms with Crippen molar-refractivity contribution in [2.75, 3.05) is 0 Å². The summed E-state index contributed by atoms with van der Waals surface area (Å²) >= 11 is 0. The minimum atomic E-state index is 0.773. The Labute approximate surface area is 324 Å². The molecule has 4 nitrogen and oxygen atoms in total. The highest BCUT2D eigenvalue weighted by molar-refractivity contribution is 6.14. The number of aromatic nitrogens is 3. The third kappa shape index (κ3) is 5.46. The lowest BCUT2D eigenvalue weighted by atomic mass is 10.00. The van der Waals surface area contributed by atoms with Crippen LogP contribution in [0.1, 0.15) is 18.7 Å². The lowest BCUT2D eigenvalue weighted by Crippen LogP contribution is -2.00. The number of benzene rings is 7. The van der Waals surface area contributed by atoms with Gasteiger partial charge in [0.15, 0.2) is 5.82 Å². The van der Waals surface area contributed by atoms with Crippen LogP contribution in [0.2, 0.25) is 0 Å². The van der Waals surface area contributed by atoms with Gasteiger partial charge in [-0.05, 0) is 83.1 Å². The summed E-state index contributed by atoms with van der Waals surface area (Å²) in [7, 11) is 0. The van der Waals surface area contributed by atoms with Crippen molar-refractivity contribution < 1.29 is 4.42 Å². The van der Waals surface area contributed by atoms with Crippen LogP contribution in [0.25, 0.3) is 99.8 Å². The van der Waals surface area contributed by atoms with Gasteiger partial charge in [0.2, 0.25) is 0 Å². The predicted molar refractivity (Wildman–Crippen MR) is 232 cm³/mol. The van der Waals surface area contributed by atoms with Crippen LogP contribution in [-0.2, 0) is 0 Å². The normalized spacial score (nSPS) is 12.9. The zero-order valence-corrected chi connectivity index (χ0v) is 30.6. The first-order valence-corrected chi connectivity index (χ1v) is 19.2. The smallest absolute Gasteiger partial charge is 0.156 e. The number of rotatable bonds is 6. The molecule has 0 radical (unpaired) electrons. The minimum Gasteiger partial charge on any atom is -0.456 e. The molecular weight excluding hydrogens is 683 g/mol. The first kappa shape index (κ1) is 32.2. The second-order valence-electron chi connectivity index (χ2n) is 14.5. The van der Waals surface area contributed by atoms with Crippen molar-refractivity contribution in [3.8, 4) is 50.5 Å². The summed E-state index contributed by atoms with van der Waals surface area (Å²) in [5.74, 6) is 0.773. The van der Waals surface area contributed by atoms with Crippen molar-refractivity contribution >= 4 is 49.3 Å². The van der Waals surface area contributed by atoms with Gasteiger partial charge < -0.3 is 8.98 Å². The Morgan fingerprint density at radius 1 is 0.482 bits per heavy atom. The number of allylic oxidation sites excluding steroid dienone is 4. The molecular formula is C52H35N3O. The number of hydrogen-bond acceptors (Lipinski definition) is 3. The summed E-state index contributed by atoms with van der Waals surface area (Å²) in [6.07, 6.45) is 8.35. The first-order chi connectivity index (χ1) is 27.7. The molecule has 10 aromatic rings. The van der Waals surface area contributed by atoms with E-state index < -0.39 is 0 Å². The second-order valence-corrected chi connectivity index (χ2v) is 14.5. The van der Waals surface area contributed by atoms with Gasteiger partial charge in [-0.3, -0.25) is 0 Å². The molecule has 3 aromatic heterocycles. The van der Waals surface area contributed by atoms with E-state index in [1.165, 1.54) is 33.0 Å². The average Bonchev–Trinajstić information content (AvgIpc) is 3.82. The van der Waals surface area contributed by atoms with Crippen LogP contribution in [0, 0.1) is 0 Å². The summed E-state index contributed by atoms with van der Waals surface area (Å²) in [5.41, 5.74) is 14.8. The molecule has 1 aliphatic carbocycles. The predicted octanol–water partition coefficient (Wildman–Crippen LogP) is 13.9. The van der Waals surface area contributed by atoms with Crippen molar-refractivity contribution in [1.29, 1.82) is 0 Å². The molecule has 0 aliphatic heterocycles. The van der Waals surface area contributed by atoms with Crippen molar-refractivity contribution in [2.24, 2.45) is 0 Å². The van der Waals surface area contributed by atoms with E-state index in [2.05, 4.69) is 187 Å². The monoisotopic (exact) mass is 717 g/mol. The Hall–Kier alpha value is -7.30. The molecule has 0 N–H and O–H groups in total. The maximum atomic E-state index is 6.73. The first-order valence-electron chi connectivity index (χ1n) is 19.2. The van der Waals surface area contributed by atoms with Gasteiger partial charge in [0.1, 0.15) is 11.2 Å². The lowest BCUT2D eigenvalue weighted by Gasteiger charge is -2.13. The number of fused-ring (bicyclic) bond motifs is 6. The maximum absolute atomic E-state index is 6.73. The van der Waals surface area contributed by atoms with Crippen molar-refractivity contribution in [3.05, 3.63) is 194 Å². The molecule has 3 heterocycles. The van der Waals surface area contributed by atoms with Crippen LogP contribution in [0.4, 0.5) is 0 Å². The summed E-state index contributed by atoms with van der Waals surface area (Å²) in [6.45, 7) is 0. The molecule has 0 atom stereocenters. The number of nitrogens with zero attached hydrogens (tertiary/aromatic N) is 3. The SMILES string of the molecule is C1=CCCC(c2nc(-c3ccccc3)cc(-c3cccc4oc5cc(-n6c7ccc(-c8ccccc8)cc7c7ccc(-c8ccccc8)cc76)ccc5c34)n2)=C1. The van der Waals surface area contributed by atoms with Gasteiger partial charge in [-0.25, -0.2) is 9.97 Å². The third-order valence-electron chi connectivity index (χ3n) is 11.1. The van der Waals surface area contributed by atoms with Crippen LogP contribution in [0.15, 0.2) is 193 Å². The van der Waals surface area contributed by atoms with Crippen LogP contribution in [-0.4, -0.2) is 14.5 Å². The zero-order chi connectivity index (χ0) is 37.0. The van der Waals surface area contributed by atoms with Gasteiger partial charge in [0, 0.05) is 44.4 Å². The highest BCUT2D eigenvalue weighted by Crippen LogP contribution is 2.41. The van der Waals surface area contributed by atoms with Crippen LogP contribution < -0.4 is 0 Å². The Kier molecular flexibility index (Phi) is 7.59. The summed E-state index contributed by atoms with van der Waals surface area (Å²) in [4.78, 5) is 10.3. The van der Waals surface area contributed by atoms with E-state index in [1.54, 1.807) is 0 Å². The van der Waals surface area contributed by atoms with Gasteiger partial charge in [0.05, 0.1) is 22.4 Å². The molecule has 0 spiro atoms. The molecule has 1 aliphatic rings. The van der Waals surface area contributed by atoms with Gasteiger partial charge in [-0.2, -0.15) is 0 Å². The van der Waals surface area contributed by atoms with Crippen molar-refractivity contribution in [3.63, 3.8) is 0 Å².